The summed E-state index contributed by atoms with van der Waals surface area (Å²) in [4.78, 5) is 40.3. The summed E-state index contributed by atoms with van der Waals surface area (Å²) in [7, 11) is 0. The normalized spacial score (nSPS) is 8.52. The van der Waals surface area contributed by atoms with Crippen molar-refractivity contribution in [3.05, 3.63) is 71.8 Å². The minimum Gasteiger partial charge on any atom is -0.565 e. The maximum atomic E-state index is 11.5. The van der Waals surface area contributed by atoms with E-state index in [9.17, 15) is 9.59 Å². The fraction of sp³-hybridized carbons (Fsp3) is 0. The van der Waals surface area contributed by atoms with Gasteiger partial charge in [-0.3, -0.25) is 0 Å². The van der Waals surface area contributed by atoms with E-state index in [0.717, 1.165) is 0 Å². The molecule has 0 aliphatic heterocycles. The molecule has 0 amide bonds. The topological polar surface area (TPSA) is 113 Å². The van der Waals surface area contributed by atoms with Crippen LogP contribution in [0.4, 0.5) is 4.79 Å². The molecule has 1 N–H and O–H groups in total. The van der Waals surface area contributed by atoms with Gasteiger partial charge in [-0.1, -0.05) is 36.4 Å². The van der Waals surface area contributed by atoms with Crippen molar-refractivity contribution in [2.24, 2.45) is 0 Å². The third-order valence-electron chi connectivity index (χ3n) is 2.21. The maximum absolute atomic E-state index is 11.5. The average molecular weight is 326 g/mol. The molecule has 0 aliphatic carbocycles. The fourth-order valence-corrected chi connectivity index (χ4v) is 1.32. The number of rotatable bonds is 2. The number of carbonyl (C=O) groups excluding carboxylic acids is 2. The van der Waals surface area contributed by atoms with E-state index in [-0.39, 0.29) is 29.6 Å². The third kappa shape index (κ3) is 8.62. The minimum absolute atomic E-state index is 0. The van der Waals surface area contributed by atoms with E-state index in [4.69, 9.17) is 15.0 Å². The van der Waals surface area contributed by atoms with Gasteiger partial charge in [0.2, 0.25) is 6.16 Å². The summed E-state index contributed by atoms with van der Waals surface area (Å²) in [5, 5.41) is 15.3. The van der Waals surface area contributed by atoms with Crippen molar-refractivity contribution in [1.82, 2.24) is 0 Å². The molecule has 23 heavy (non-hydrogen) atoms. The molecule has 0 heterocycles. The van der Waals surface area contributed by atoms with Crippen molar-refractivity contribution in [1.29, 1.82) is 0 Å². The van der Waals surface area contributed by atoms with Crippen LogP contribution < -0.4 is 34.7 Å². The van der Waals surface area contributed by atoms with Crippen LogP contribution in [0.15, 0.2) is 60.7 Å². The van der Waals surface area contributed by atoms with E-state index >= 15 is 0 Å². The predicted molar refractivity (Wildman–Crippen MR) is 71.7 cm³/mol. The standard InChI is InChI=1S/C14H10O4.CH2O3.Na/c15-13(11-7-3-1-4-8-11)17-18-14(16)12-9-5-2-6-10-12;2-1(3)4;/h1-10H;(H2,2,3,4);/q;;+1/p-1. The summed E-state index contributed by atoms with van der Waals surface area (Å²) in [6, 6.07) is 16.6. The van der Waals surface area contributed by atoms with E-state index in [0.29, 0.717) is 11.1 Å². The van der Waals surface area contributed by atoms with Crippen LogP contribution in [0.5, 0.6) is 0 Å². The van der Waals surface area contributed by atoms with E-state index in [1.54, 1.807) is 60.7 Å². The zero-order valence-electron chi connectivity index (χ0n) is 12.2. The Labute approximate surface area is 153 Å². The Balaban J connectivity index is 0.000000871. The minimum atomic E-state index is -2.08. The van der Waals surface area contributed by atoms with Crippen LogP contribution in [0.1, 0.15) is 20.7 Å². The van der Waals surface area contributed by atoms with Crippen LogP contribution in [0.3, 0.4) is 0 Å². The van der Waals surface area contributed by atoms with Crippen LogP contribution in [-0.2, 0) is 9.78 Å². The molecule has 0 saturated carbocycles. The van der Waals surface area contributed by atoms with Gasteiger partial charge in [0.1, 0.15) is 0 Å². The van der Waals surface area contributed by atoms with Crippen LogP contribution >= 0.6 is 0 Å². The Hall–Kier alpha value is -2.35. The van der Waals surface area contributed by atoms with Gasteiger partial charge in [0.15, 0.2) is 0 Å². The first-order valence-corrected chi connectivity index (χ1v) is 5.94. The molecule has 0 aliphatic rings. The van der Waals surface area contributed by atoms with Gasteiger partial charge in [0.05, 0.1) is 11.1 Å². The Morgan fingerprint density at radius 2 is 1.00 bits per heavy atom. The summed E-state index contributed by atoms with van der Waals surface area (Å²) < 4.78 is 0. The quantitative estimate of drug-likeness (QED) is 0.406. The largest absolute Gasteiger partial charge is 1.00 e. The maximum Gasteiger partial charge on any atom is 1.00 e. The number of hydrogen-bond acceptors (Lipinski definition) is 6. The van der Waals surface area contributed by atoms with E-state index in [2.05, 4.69) is 9.78 Å². The van der Waals surface area contributed by atoms with Gasteiger partial charge in [-0.2, -0.15) is 0 Å². The van der Waals surface area contributed by atoms with Gasteiger partial charge in [0, 0.05) is 0 Å². The van der Waals surface area contributed by atoms with Crippen molar-refractivity contribution >= 4 is 18.1 Å². The molecule has 2 rings (SSSR count). The molecule has 2 aromatic carbocycles. The molecule has 0 bridgehead atoms. The molecule has 0 radical (unpaired) electrons. The Kier molecular flexibility index (Phi) is 10.1. The van der Waals surface area contributed by atoms with Gasteiger partial charge >= 0.3 is 41.5 Å². The zero-order chi connectivity index (χ0) is 16.4. The fourth-order valence-electron chi connectivity index (χ4n) is 1.32. The molecular weight excluding hydrogens is 315 g/mol. The molecule has 0 unspecified atom stereocenters. The molecule has 0 aromatic heterocycles. The first kappa shape index (κ1) is 20.7. The molecule has 2 aromatic rings. The van der Waals surface area contributed by atoms with Crippen LogP contribution in [0.2, 0.25) is 0 Å². The van der Waals surface area contributed by atoms with Crippen LogP contribution in [-0.4, -0.2) is 23.2 Å². The number of carboxylic acid groups (broad SMARTS) is 2. The van der Waals surface area contributed by atoms with Crippen molar-refractivity contribution in [3.8, 4) is 0 Å². The molecule has 0 fully saturated rings. The smallest absolute Gasteiger partial charge is 0.565 e. The first-order valence-electron chi connectivity index (χ1n) is 5.94. The second kappa shape index (κ2) is 11.2. The molecule has 0 spiro atoms. The summed E-state index contributed by atoms with van der Waals surface area (Å²) in [5.74, 6) is -1.42. The molecule has 8 heteroatoms. The zero-order valence-corrected chi connectivity index (χ0v) is 14.2. The summed E-state index contributed by atoms with van der Waals surface area (Å²) in [6.45, 7) is 0. The first-order chi connectivity index (χ1) is 10.5. The molecule has 0 atom stereocenters. The molecule has 7 nitrogen and oxygen atoms in total. The number of hydrogen-bond donors (Lipinski definition) is 1. The van der Waals surface area contributed by atoms with Crippen molar-refractivity contribution in [2.75, 3.05) is 0 Å². The second-order valence-corrected chi connectivity index (χ2v) is 3.74. The van der Waals surface area contributed by atoms with Crippen LogP contribution in [0, 0.1) is 0 Å². The Bertz CT molecular complexity index is 573. The van der Waals surface area contributed by atoms with Crippen LogP contribution in [0.25, 0.3) is 0 Å². The summed E-state index contributed by atoms with van der Waals surface area (Å²) >= 11 is 0. The van der Waals surface area contributed by atoms with Gasteiger partial charge in [-0.25, -0.2) is 19.4 Å². The molecular formula is C15H11NaO7. The number of benzene rings is 2. The average Bonchev–Trinajstić information content (AvgIpc) is 2.53. The molecule has 114 valence electrons. The van der Waals surface area contributed by atoms with Gasteiger partial charge in [-0.05, 0) is 24.3 Å². The second-order valence-electron chi connectivity index (χ2n) is 3.74. The van der Waals surface area contributed by atoms with Gasteiger partial charge in [-0.15, -0.1) is 0 Å². The number of carbonyl (C=O) groups is 3. The Morgan fingerprint density at radius 1 is 0.739 bits per heavy atom. The predicted octanol–water partition coefficient (Wildman–Crippen LogP) is -1.49. The van der Waals surface area contributed by atoms with Gasteiger partial charge in [0.25, 0.3) is 0 Å². The van der Waals surface area contributed by atoms with E-state index in [1.807, 2.05) is 0 Å². The SMILES string of the molecule is O=C(OOC(=O)c1ccccc1)c1ccccc1.O=C([O-])O.[Na+]. The van der Waals surface area contributed by atoms with E-state index < -0.39 is 18.1 Å². The monoisotopic (exact) mass is 326 g/mol. The summed E-state index contributed by atoms with van der Waals surface area (Å²) in [5.41, 5.74) is 0.636. The third-order valence-corrected chi connectivity index (χ3v) is 2.21. The molecule has 0 saturated heterocycles. The van der Waals surface area contributed by atoms with E-state index in [1.165, 1.54) is 0 Å². The summed E-state index contributed by atoms with van der Waals surface area (Å²) in [6.07, 6.45) is -2.08. The Morgan fingerprint density at radius 3 is 1.26 bits per heavy atom. The van der Waals surface area contributed by atoms with Crippen molar-refractivity contribution in [3.63, 3.8) is 0 Å². The van der Waals surface area contributed by atoms with Gasteiger partial charge < -0.3 is 15.0 Å². The van der Waals surface area contributed by atoms with Crippen molar-refractivity contribution in [2.45, 2.75) is 0 Å². The van der Waals surface area contributed by atoms with Crippen molar-refractivity contribution < 1.29 is 63.9 Å².